The Morgan fingerprint density at radius 1 is 1.04 bits per heavy atom. The molecule has 7 heteroatoms. The van der Waals surface area contributed by atoms with E-state index in [0.717, 1.165) is 0 Å². The SMILES string of the molecule is CC(=O)Nc1cccc(C(=O)N2CCN(c3ncccn3)CC2)c1. The van der Waals surface area contributed by atoms with Crippen molar-refractivity contribution in [3.05, 3.63) is 48.3 Å². The Hall–Kier alpha value is -2.96. The number of piperazine rings is 1. The number of nitrogens with zero attached hydrogens (tertiary/aromatic N) is 4. The first kappa shape index (κ1) is 15.9. The zero-order chi connectivity index (χ0) is 16.9. The first-order valence-electron chi connectivity index (χ1n) is 7.82. The van der Waals surface area contributed by atoms with Crippen LogP contribution in [0.25, 0.3) is 0 Å². The number of anilines is 2. The monoisotopic (exact) mass is 325 g/mol. The molecule has 1 saturated heterocycles. The maximum Gasteiger partial charge on any atom is 0.254 e. The fraction of sp³-hybridized carbons (Fsp3) is 0.294. The fourth-order valence-corrected chi connectivity index (χ4v) is 2.68. The molecular formula is C17H19N5O2. The first-order chi connectivity index (χ1) is 11.6. The van der Waals surface area contributed by atoms with Gasteiger partial charge in [0.05, 0.1) is 0 Å². The van der Waals surface area contributed by atoms with E-state index in [1.165, 1.54) is 6.92 Å². The number of amides is 2. The molecule has 0 saturated carbocycles. The summed E-state index contributed by atoms with van der Waals surface area (Å²) in [7, 11) is 0. The maximum absolute atomic E-state index is 12.6. The van der Waals surface area contributed by atoms with Crippen LogP contribution >= 0.6 is 0 Å². The van der Waals surface area contributed by atoms with Crippen LogP contribution in [-0.2, 0) is 4.79 Å². The lowest BCUT2D eigenvalue weighted by Crippen LogP contribution is -2.49. The summed E-state index contributed by atoms with van der Waals surface area (Å²) in [6, 6.07) is 8.79. The summed E-state index contributed by atoms with van der Waals surface area (Å²) in [6.07, 6.45) is 3.43. The number of rotatable bonds is 3. The third-order valence-corrected chi connectivity index (χ3v) is 3.83. The molecule has 0 atom stereocenters. The van der Waals surface area contributed by atoms with Crippen molar-refractivity contribution in [2.24, 2.45) is 0 Å². The van der Waals surface area contributed by atoms with Crippen molar-refractivity contribution in [1.29, 1.82) is 0 Å². The molecule has 2 amide bonds. The van der Waals surface area contributed by atoms with Gasteiger partial charge in [0, 0.05) is 56.7 Å². The second kappa shape index (κ2) is 7.08. The van der Waals surface area contributed by atoms with Crippen molar-refractivity contribution in [2.45, 2.75) is 6.92 Å². The van der Waals surface area contributed by atoms with Crippen molar-refractivity contribution in [3.8, 4) is 0 Å². The Morgan fingerprint density at radius 2 is 1.75 bits per heavy atom. The van der Waals surface area contributed by atoms with E-state index in [2.05, 4.69) is 20.2 Å². The van der Waals surface area contributed by atoms with Crippen molar-refractivity contribution < 1.29 is 9.59 Å². The number of hydrogen-bond donors (Lipinski definition) is 1. The van der Waals surface area contributed by atoms with Crippen LogP contribution in [0.1, 0.15) is 17.3 Å². The lowest BCUT2D eigenvalue weighted by molar-refractivity contribution is -0.114. The number of carbonyl (C=O) groups excluding carboxylic acids is 2. The van der Waals surface area contributed by atoms with Gasteiger partial charge < -0.3 is 15.1 Å². The van der Waals surface area contributed by atoms with E-state index in [-0.39, 0.29) is 11.8 Å². The minimum absolute atomic E-state index is 0.0316. The summed E-state index contributed by atoms with van der Waals surface area (Å²) in [5.41, 5.74) is 1.20. The van der Waals surface area contributed by atoms with E-state index >= 15 is 0 Å². The Bertz CT molecular complexity index is 727. The molecule has 1 aliphatic rings. The molecule has 24 heavy (non-hydrogen) atoms. The second-order valence-corrected chi connectivity index (χ2v) is 5.59. The average molecular weight is 325 g/mol. The maximum atomic E-state index is 12.6. The molecule has 2 heterocycles. The normalized spacial score (nSPS) is 14.4. The van der Waals surface area contributed by atoms with Crippen molar-refractivity contribution >= 4 is 23.5 Å². The summed E-state index contributed by atoms with van der Waals surface area (Å²) in [6.45, 7) is 4.06. The van der Waals surface area contributed by atoms with E-state index in [1.807, 2.05) is 4.90 Å². The predicted octanol–water partition coefficient (Wildman–Crippen LogP) is 1.40. The molecule has 0 aliphatic carbocycles. The topological polar surface area (TPSA) is 78.4 Å². The van der Waals surface area contributed by atoms with Gasteiger partial charge in [0.15, 0.2) is 0 Å². The molecule has 1 aromatic carbocycles. The van der Waals surface area contributed by atoms with Gasteiger partial charge in [0.25, 0.3) is 5.91 Å². The van der Waals surface area contributed by atoms with Crippen LogP contribution in [0.15, 0.2) is 42.7 Å². The molecule has 1 fully saturated rings. The van der Waals surface area contributed by atoms with E-state index in [0.29, 0.717) is 43.4 Å². The zero-order valence-corrected chi connectivity index (χ0v) is 13.5. The minimum Gasteiger partial charge on any atom is -0.337 e. The second-order valence-electron chi connectivity index (χ2n) is 5.59. The predicted molar refractivity (Wildman–Crippen MR) is 90.9 cm³/mol. The average Bonchev–Trinajstić information content (AvgIpc) is 2.62. The molecule has 0 bridgehead atoms. The van der Waals surface area contributed by atoms with Crippen LogP contribution in [0.2, 0.25) is 0 Å². The fourth-order valence-electron chi connectivity index (χ4n) is 2.68. The quantitative estimate of drug-likeness (QED) is 0.923. The minimum atomic E-state index is -0.156. The molecular weight excluding hydrogens is 306 g/mol. The number of carbonyl (C=O) groups is 2. The Kier molecular flexibility index (Phi) is 4.69. The highest BCUT2D eigenvalue weighted by atomic mass is 16.2. The molecule has 0 spiro atoms. The first-order valence-corrected chi connectivity index (χ1v) is 7.82. The summed E-state index contributed by atoms with van der Waals surface area (Å²) in [5.74, 6) is 0.504. The van der Waals surface area contributed by atoms with Gasteiger partial charge in [-0.3, -0.25) is 9.59 Å². The van der Waals surface area contributed by atoms with Crippen molar-refractivity contribution in [1.82, 2.24) is 14.9 Å². The van der Waals surface area contributed by atoms with Gasteiger partial charge in [0.2, 0.25) is 11.9 Å². The third-order valence-electron chi connectivity index (χ3n) is 3.83. The van der Waals surface area contributed by atoms with Crippen LogP contribution in [0.3, 0.4) is 0 Å². The van der Waals surface area contributed by atoms with Gasteiger partial charge >= 0.3 is 0 Å². The highest BCUT2D eigenvalue weighted by molar-refractivity contribution is 5.96. The van der Waals surface area contributed by atoms with Gasteiger partial charge in [0.1, 0.15) is 0 Å². The largest absolute Gasteiger partial charge is 0.337 e. The van der Waals surface area contributed by atoms with E-state index in [1.54, 1.807) is 42.7 Å². The molecule has 1 aromatic heterocycles. The van der Waals surface area contributed by atoms with Gasteiger partial charge in [-0.2, -0.15) is 0 Å². The molecule has 1 aliphatic heterocycles. The highest BCUT2D eigenvalue weighted by Crippen LogP contribution is 2.15. The van der Waals surface area contributed by atoms with Crippen LogP contribution in [0.4, 0.5) is 11.6 Å². The Labute approximate surface area is 140 Å². The van der Waals surface area contributed by atoms with E-state index in [4.69, 9.17) is 0 Å². The number of benzene rings is 1. The lowest BCUT2D eigenvalue weighted by Gasteiger charge is -2.34. The number of aromatic nitrogens is 2. The van der Waals surface area contributed by atoms with Gasteiger partial charge in [-0.05, 0) is 24.3 Å². The Morgan fingerprint density at radius 3 is 2.42 bits per heavy atom. The highest BCUT2D eigenvalue weighted by Gasteiger charge is 2.23. The van der Waals surface area contributed by atoms with Crippen LogP contribution < -0.4 is 10.2 Å². The molecule has 0 unspecified atom stereocenters. The summed E-state index contributed by atoms with van der Waals surface area (Å²) in [4.78, 5) is 36.1. The molecule has 0 radical (unpaired) electrons. The number of nitrogens with one attached hydrogen (secondary N) is 1. The molecule has 124 valence electrons. The number of hydrogen-bond acceptors (Lipinski definition) is 5. The van der Waals surface area contributed by atoms with Gasteiger partial charge in [-0.1, -0.05) is 6.07 Å². The molecule has 1 N–H and O–H groups in total. The van der Waals surface area contributed by atoms with E-state index in [9.17, 15) is 9.59 Å². The Balaban J connectivity index is 1.64. The van der Waals surface area contributed by atoms with Crippen LogP contribution in [0, 0.1) is 0 Å². The van der Waals surface area contributed by atoms with Gasteiger partial charge in [-0.25, -0.2) is 9.97 Å². The zero-order valence-electron chi connectivity index (χ0n) is 13.5. The summed E-state index contributed by atoms with van der Waals surface area (Å²) in [5, 5.41) is 2.70. The smallest absolute Gasteiger partial charge is 0.254 e. The molecule has 3 rings (SSSR count). The lowest BCUT2D eigenvalue weighted by atomic mass is 10.1. The molecule has 7 nitrogen and oxygen atoms in total. The van der Waals surface area contributed by atoms with Crippen LogP contribution in [0.5, 0.6) is 0 Å². The summed E-state index contributed by atoms with van der Waals surface area (Å²) >= 11 is 0. The molecule has 2 aromatic rings. The van der Waals surface area contributed by atoms with Gasteiger partial charge in [-0.15, -0.1) is 0 Å². The van der Waals surface area contributed by atoms with Crippen molar-refractivity contribution in [3.63, 3.8) is 0 Å². The van der Waals surface area contributed by atoms with E-state index < -0.39 is 0 Å². The summed E-state index contributed by atoms with van der Waals surface area (Å²) < 4.78 is 0. The standard InChI is InChI=1S/C17H19N5O2/c1-13(23)20-15-5-2-4-14(12-15)16(24)21-8-10-22(11-9-21)17-18-6-3-7-19-17/h2-7,12H,8-11H2,1H3,(H,20,23). The van der Waals surface area contributed by atoms with Crippen LogP contribution in [-0.4, -0.2) is 52.9 Å². The van der Waals surface area contributed by atoms with Crippen molar-refractivity contribution in [2.75, 3.05) is 36.4 Å². The third kappa shape index (κ3) is 3.68.